The van der Waals surface area contributed by atoms with Crippen molar-refractivity contribution in [2.45, 2.75) is 12.6 Å². The molecule has 0 unspecified atom stereocenters. The second kappa shape index (κ2) is 3.61. The summed E-state index contributed by atoms with van der Waals surface area (Å²) in [5, 5.41) is 0. The monoisotopic (exact) mass is 205 g/mol. The van der Waals surface area contributed by atoms with Crippen molar-refractivity contribution in [3.05, 3.63) is 0 Å². The molecule has 0 aliphatic rings. The van der Waals surface area contributed by atoms with Crippen LogP contribution < -0.4 is 0 Å². The van der Waals surface area contributed by atoms with Crippen molar-refractivity contribution in [2.24, 2.45) is 0 Å². The van der Waals surface area contributed by atoms with E-state index in [-0.39, 0.29) is 0 Å². The van der Waals surface area contributed by atoms with Gasteiger partial charge in [-0.15, -0.1) is 0 Å². The fourth-order valence-electron chi connectivity index (χ4n) is 0.427. The van der Waals surface area contributed by atoms with E-state index >= 15 is 0 Å². The molecule has 0 aromatic heterocycles. The summed E-state index contributed by atoms with van der Waals surface area (Å²) >= 11 is 0. The molecule has 0 aliphatic heterocycles. The SMILES string of the molecule is CN(C)S(=O)(=O)CCC(F)(F)F. The summed E-state index contributed by atoms with van der Waals surface area (Å²) in [6.45, 7) is 0. The Kier molecular flexibility index (Phi) is 3.52. The quantitative estimate of drug-likeness (QED) is 0.684. The van der Waals surface area contributed by atoms with Gasteiger partial charge in [0.15, 0.2) is 0 Å². The summed E-state index contributed by atoms with van der Waals surface area (Å²) in [6.07, 6.45) is -5.71. The first kappa shape index (κ1) is 11.7. The van der Waals surface area contributed by atoms with E-state index in [1.807, 2.05) is 0 Å². The Morgan fingerprint density at radius 1 is 1.25 bits per heavy atom. The number of nitrogens with zero attached hydrogens (tertiary/aromatic N) is 1. The topological polar surface area (TPSA) is 37.4 Å². The highest BCUT2D eigenvalue weighted by Crippen LogP contribution is 2.20. The molecule has 0 aromatic carbocycles. The Hall–Kier alpha value is -0.300. The molecule has 0 saturated heterocycles. The first-order chi connectivity index (χ1) is 5.15. The Labute approximate surface area is 69.2 Å². The zero-order chi connectivity index (χ0) is 9.99. The van der Waals surface area contributed by atoms with E-state index in [0.29, 0.717) is 0 Å². The fourth-order valence-corrected chi connectivity index (χ4v) is 1.28. The molecule has 0 radical (unpaired) electrons. The molecule has 0 rings (SSSR count). The molecule has 0 saturated carbocycles. The normalized spacial score (nSPS) is 13.8. The first-order valence-electron chi connectivity index (χ1n) is 3.12. The van der Waals surface area contributed by atoms with Crippen LogP contribution in [0.2, 0.25) is 0 Å². The van der Waals surface area contributed by atoms with Gasteiger partial charge in [0.05, 0.1) is 12.2 Å². The maximum atomic E-state index is 11.6. The van der Waals surface area contributed by atoms with Crippen molar-refractivity contribution in [2.75, 3.05) is 19.8 Å². The van der Waals surface area contributed by atoms with Crippen LogP contribution >= 0.6 is 0 Å². The third-order valence-corrected chi connectivity index (χ3v) is 3.03. The summed E-state index contributed by atoms with van der Waals surface area (Å²) in [5.41, 5.74) is 0. The lowest BCUT2D eigenvalue weighted by Crippen LogP contribution is -2.27. The van der Waals surface area contributed by atoms with Crippen LogP contribution in [-0.2, 0) is 10.0 Å². The van der Waals surface area contributed by atoms with Crippen molar-refractivity contribution in [3.8, 4) is 0 Å². The Balaban J connectivity index is 4.12. The molecule has 0 amide bonds. The van der Waals surface area contributed by atoms with Gasteiger partial charge in [-0.3, -0.25) is 0 Å². The Bertz CT molecular complexity index is 232. The van der Waals surface area contributed by atoms with E-state index in [1.54, 1.807) is 0 Å². The molecule has 0 atom stereocenters. The van der Waals surface area contributed by atoms with Gasteiger partial charge in [0, 0.05) is 14.1 Å². The Morgan fingerprint density at radius 3 is 1.92 bits per heavy atom. The molecule has 74 valence electrons. The second-order valence-electron chi connectivity index (χ2n) is 2.46. The van der Waals surface area contributed by atoms with Crippen LogP contribution in [-0.4, -0.2) is 38.7 Å². The second-order valence-corrected chi connectivity index (χ2v) is 4.77. The molecule has 0 spiro atoms. The van der Waals surface area contributed by atoms with Gasteiger partial charge in [-0.1, -0.05) is 0 Å². The zero-order valence-electron chi connectivity index (χ0n) is 6.72. The molecule has 0 aliphatic carbocycles. The van der Waals surface area contributed by atoms with Crippen molar-refractivity contribution in [3.63, 3.8) is 0 Å². The van der Waals surface area contributed by atoms with E-state index in [0.717, 1.165) is 4.31 Å². The van der Waals surface area contributed by atoms with Crippen molar-refractivity contribution < 1.29 is 21.6 Å². The van der Waals surface area contributed by atoms with E-state index in [9.17, 15) is 21.6 Å². The molecule has 0 N–H and O–H groups in total. The van der Waals surface area contributed by atoms with Gasteiger partial charge in [0.1, 0.15) is 0 Å². The average Bonchev–Trinajstić information content (AvgIpc) is 1.82. The summed E-state index contributed by atoms with van der Waals surface area (Å²) in [7, 11) is -1.32. The number of hydrogen-bond donors (Lipinski definition) is 0. The largest absolute Gasteiger partial charge is 0.390 e. The van der Waals surface area contributed by atoms with Crippen molar-refractivity contribution in [1.82, 2.24) is 4.31 Å². The van der Waals surface area contributed by atoms with Gasteiger partial charge in [-0.25, -0.2) is 12.7 Å². The molecule has 0 heterocycles. The van der Waals surface area contributed by atoms with Crippen LogP contribution in [0.1, 0.15) is 6.42 Å². The molecule has 0 bridgehead atoms. The van der Waals surface area contributed by atoms with E-state index in [4.69, 9.17) is 0 Å². The third-order valence-electron chi connectivity index (χ3n) is 1.20. The number of halogens is 3. The summed E-state index contributed by atoms with van der Waals surface area (Å²) in [5.74, 6) is -0.885. The van der Waals surface area contributed by atoms with Crippen molar-refractivity contribution in [1.29, 1.82) is 0 Å². The van der Waals surface area contributed by atoms with Gasteiger partial charge < -0.3 is 0 Å². The van der Waals surface area contributed by atoms with Crippen LogP contribution in [0, 0.1) is 0 Å². The minimum absolute atomic E-state index is 0.777. The van der Waals surface area contributed by atoms with Gasteiger partial charge in [0.2, 0.25) is 10.0 Å². The third kappa shape index (κ3) is 4.55. The molecule has 0 aromatic rings. The smallest absolute Gasteiger partial charge is 0.212 e. The molecule has 12 heavy (non-hydrogen) atoms. The van der Waals surface area contributed by atoms with Gasteiger partial charge in [0.25, 0.3) is 0 Å². The number of alkyl halides is 3. The number of hydrogen-bond acceptors (Lipinski definition) is 2. The highest BCUT2D eigenvalue weighted by atomic mass is 32.2. The number of sulfonamides is 1. The highest BCUT2D eigenvalue weighted by molar-refractivity contribution is 7.89. The summed E-state index contributed by atoms with van der Waals surface area (Å²) < 4.78 is 57.1. The zero-order valence-corrected chi connectivity index (χ0v) is 7.54. The van der Waals surface area contributed by atoms with Gasteiger partial charge in [-0.05, 0) is 0 Å². The van der Waals surface area contributed by atoms with Crippen LogP contribution in [0.5, 0.6) is 0 Å². The fraction of sp³-hybridized carbons (Fsp3) is 1.00. The van der Waals surface area contributed by atoms with Gasteiger partial charge in [-0.2, -0.15) is 13.2 Å². The lowest BCUT2D eigenvalue weighted by Gasteiger charge is -2.11. The molecular weight excluding hydrogens is 195 g/mol. The average molecular weight is 205 g/mol. The summed E-state index contributed by atoms with van der Waals surface area (Å²) in [6, 6.07) is 0. The molecule has 3 nitrogen and oxygen atoms in total. The lowest BCUT2D eigenvalue weighted by molar-refractivity contribution is -0.130. The highest BCUT2D eigenvalue weighted by Gasteiger charge is 2.30. The van der Waals surface area contributed by atoms with E-state index in [1.165, 1.54) is 14.1 Å². The van der Waals surface area contributed by atoms with Gasteiger partial charge >= 0.3 is 6.18 Å². The minimum atomic E-state index is -4.41. The maximum absolute atomic E-state index is 11.6. The Morgan fingerprint density at radius 2 is 1.67 bits per heavy atom. The van der Waals surface area contributed by atoms with Crippen molar-refractivity contribution >= 4 is 10.0 Å². The predicted octanol–water partition coefficient (Wildman–Crippen LogP) is 0.830. The maximum Gasteiger partial charge on any atom is 0.390 e. The first-order valence-corrected chi connectivity index (χ1v) is 4.73. The lowest BCUT2D eigenvalue weighted by atomic mass is 10.5. The number of rotatable bonds is 3. The molecule has 0 fully saturated rings. The van der Waals surface area contributed by atoms with E-state index in [2.05, 4.69) is 0 Å². The summed E-state index contributed by atoms with van der Waals surface area (Å²) in [4.78, 5) is 0. The predicted molar refractivity (Wildman–Crippen MR) is 38.1 cm³/mol. The van der Waals surface area contributed by atoms with E-state index < -0.39 is 28.4 Å². The minimum Gasteiger partial charge on any atom is -0.212 e. The van der Waals surface area contributed by atoms with Crippen LogP contribution in [0.25, 0.3) is 0 Å². The van der Waals surface area contributed by atoms with Crippen LogP contribution in [0.15, 0.2) is 0 Å². The van der Waals surface area contributed by atoms with Crippen LogP contribution in [0.3, 0.4) is 0 Å². The van der Waals surface area contributed by atoms with Crippen LogP contribution in [0.4, 0.5) is 13.2 Å². The standard InChI is InChI=1S/C5H10F3NO2S/c1-9(2)12(10,11)4-3-5(6,7)8/h3-4H2,1-2H3. The molecule has 7 heteroatoms. The molecular formula is C5H10F3NO2S.